The predicted octanol–water partition coefficient (Wildman–Crippen LogP) is 3.39. The summed E-state index contributed by atoms with van der Waals surface area (Å²) in [6.45, 7) is 5.56. The van der Waals surface area contributed by atoms with E-state index in [9.17, 15) is 18.0 Å². The molecule has 1 N–H and O–H groups in total. The number of carbonyl (C=O) groups is 2. The molecule has 0 aliphatic rings. The number of nitrogens with zero attached hydrogens (tertiary/aromatic N) is 1. The molecule has 8 heteroatoms. The highest BCUT2D eigenvalue weighted by atomic mass is 32.2. The zero-order chi connectivity index (χ0) is 21.6. The molecule has 29 heavy (non-hydrogen) atoms. The van der Waals surface area contributed by atoms with Crippen LogP contribution in [0, 0.1) is 0 Å². The monoisotopic (exact) mass is 418 g/mol. The van der Waals surface area contributed by atoms with Gasteiger partial charge in [0.05, 0.1) is 24.1 Å². The fraction of sp³-hybridized carbons (Fsp3) is 0.333. The van der Waals surface area contributed by atoms with Crippen LogP contribution < -0.4 is 9.62 Å². The maximum absolute atomic E-state index is 12.5. The SMILES string of the molecule is CCOC(=O)c1ccc(NC(=O)CN(c2ccccc2C(C)C)S(C)(=O)=O)cc1. The van der Waals surface area contributed by atoms with E-state index in [1.54, 1.807) is 31.2 Å². The molecule has 0 aromatic heterocycles. The minimum atomic E-state index is -3.67. The van der Waals surface area contributed by atoms with Crippen LogP contribution in [0.5, 0.6) is 0 Å². The molecule has 7 nitrogen and oxygen atoms in total. The van der Waals surface area contributed by atoms with Crippen molar-refractivity contribution in [3.05, 3.63) is 59.7 Å². The summed E-state index contributed by atoms with van der Waals surface area (Å²) in [6.07, 6.45) is 1.07. The molecule has 0 unspecified atom stereocenters. The average Bonchev–Trinajstić information content (AvgIpc) is 2.66. The molecule has 0 saturated heterocycles. The molecule has 0 aliphatic heterocycles. The molecule has 0 bridgehead atoms. The summed E-state index contributed by atoms with van der Waals surface area (Å²) in [4.78, 5) is 24.2. The lowest BCUT2D eigenvalue weighted by Gasteiger charge is -2.25. The van der Waals surface area contributed by atoms with Gasteiger partial charge >= 0.3 is 5.97 Å². The van der Waals surface area contributed by atoms with Crippen molar-refractivity contribution in [2.75, 3.05) is 29.0 Å². The second-order valence-electron chi connectivity index (χ2n) is 6.83. The zero-order valence-electron chi connectivity index (χ0n) is 17.0. The number of esters is 1. The molecule has 0 saturated carbocycles. The second-order valence-corrected chi connectivity index (χ2v) is 8.74. The molecule has 0 radical (unpaired) electrons. The Balaban J connectivity index is 2.19. The van der Waals surface area contributed by atoms with E-state index in [2.05, 4.69) is 5.32 Å². The number of ether oxygens (including phenoxy) is 1. The Bertz CT molecular complexity index is 969. The maximum Gasteiger partial charge on any atom is 0.338 e. The number of sulfonamides is 1. The van der Waals surface area contributed by atoms with Crippen molar-refractivity contribution in [2.45, 2.75) is 26.7 Å². The molecule has 1 amide bonds. The second kappa shape index (κ2) is 9.56. The van der Waals surface area contributed by atoms with Gasteiger partial charge in [-0.05, 0) is 48.7 Å². The van der Waals surface area contributed by atoms with Crippen LogP contribution >= 0.6 is 0 Å². The molecule has 2 rings (SSSR count). The Morgan fingerprint density at radius 1 is 1.07 bits per heavy atom. The van der Waals surface area contributed by atoms with Crippen LogP contribution in [0.3, 0.4) is 0 Å². The molecule has 2 aromatic carbocycles. The van der Waals surface area contributed by atoms with Gasteiger partial charge in [-0.3, -0.25) is 9.10 Å². The molecule has 2 aromatic rings. The first-order valence-corrected chi connectivity index (χ1v) is 11.1. The minimum Gasteiger partial charge on any atom is -0.462 e. The summed E-state index contributed by atoms with van der Waals surface area (Å²) in [6, 6.07) is 13.3. The summed E-state index contributed by atoms with van der Waals surface area (Å²) in [7, 11) is -3.67. The van der Waals surface area contributed by atoms with Crippen LogP contribution in [0.1, 0.15) is 42.6 Å². The van der Waals surface area contributed by atoms with E-state index in [1.165, 1.54) is 12.1 Å². The Morgan fingerprint density at radius 3 is 2.24 bits per heavy atom. The van der Waals surface area contributed by atoms with Crippen LogP contribution in [0.4, 0.5) is 11.4 Å². The van der Waals surface area contributed by atoms with E-state index < -0.39 is 21.9 Å². The number of para-hydroxylation sites is 1. The van der Waals surface area contributed by atoms with E-state index in [0.717, 1.165) is 16.1 Å². The Labute approximate surface area is 171 Å². The molecule has 0 atom stereocenters. The number of nitrogens with one attached hydrogen (secondary N) is 1. The highest BCUT2D eigenvalue weighted by Crippen LogP contribution is 2.28. The zero-order valence-corrected chi connectivity index (χ0v) is 17.8. The average molecular weight is 419 g/mol. The normalized spacial score (nSPS) is 11.2. The van der Waals surface area contributed by atoms with Gasteiger partial charge < -0.3 is 10.1 Å². The van der Waals surface area contributed by atoms with Crippen molar-refractivity contribution < 1.29 is 22.7 Å². The molecule has 0 spiro atoms. The Morgan fingerprint density at radius 2 is 1.69 bits per heavy atom. The van der Waals surface area contributed by atoms with Crippen molar-refractivity contribution in [3.8, 4) is 0 Å². The minimum absolute atomic E-state index is 0.0916. The molecule has 0 fully saturated rings. The summed E-state index contributed by atoms with van der Waals surface area (Å²) in [5.74, 6) is -0.842. The first-order valence-electron chi connectivity index (χ1n) is 9.27. The third-order valence-corrected chi connectivity index (χ3v) is 5.32. The van der Waals surface area contributed by atoms with Crippen LogP contribution in [-0.4, -0.2) is 39.7 Å². The van der Waals surface area contributed by atoms with Crippen LogP contribution in [0.2, 0.25) is 0 Å². The van der Waals surface area contributed by atoms with E-state index in [1.807, 2.05) is 26.0 Å². The van der Waals surface area contributed by atoms with Crippen LogP contribution in [-0.2, 0) is 19.6 Å². The number of benzene rings is 2. The molecule has 0 aliphatic carbocycles. The first-order chi connectivity index (χ1) is 13.6. The summed E-state index contributed by atoms with van der Waals surface area (Å²) < 4.78 is 30.8. The first kappa shape index (κ1) is 22.4. The maximum atomic E-state index is 12.5. The van der Waals surface area contributed by atoms with Gasteiger partial charge in [0.2, 0.25) is 15.9 Å². The third kappa shape index (κ3) is 6.05. The van der Waals surface area contributed by atoms with Crippen LogP contribution in [0.25, 0.3) is 0 Å². The van der Waals surface area contributed by atoms with Gasteiger partial charge in [0.25, 0.3) is 0 Å². The fourth-order valence-corrected chi connectivity index (χ4v) is 3.69. The van der Waals surface area contributed by atoms with Gasteiger partial charge in [-0.15, -0.1) is 0 Å². The van der Waals surface area contributed by atoms with E-state index >= 15 is 0 Å². The molecular weight excluding hydrogens is 392 g/mol. The van der Waals surface area contributed by atoms with Gasteiger partial charge in [0.15, 0.2) is 0 Å². The summed E-state index contributed by atoms with van der Waals surface area (Å²) >= 11 is 0. The van der Waals surface area contributed by atoms with Crippen molar-refractivity contribution in [1.29, 1.82) is 0 Å². The number of carbonyl (C=O) groups excluding carboxylic acids is 2. The molecular formula is C21H26N2O5S. The summed E-state index contributed by atoms with van der Waals surface area (Å²) in [5.41, 5.74) is 2.14. The molecule has 0 heterocycles. The van der Waals surface area contributed by atoms with Crippen molar-refractivity contribution in [1.82, 2.24) is 0 Å². The standard InChI is InChI=1S/C21H26N2O5S/c1-5-28-21(25)16-10-12-17(13-11-16)22-20(24)14-23(29(4,26)27)19-9-7-6-8-18(19)15(2)3/h6-13,15H,5,14H2,1-4H3,(H,22,24). The van der Waals surface area contributed by atoms with E-state index in [4.69, 9.17) is 4.74 Å². The smallest absolute Gasteiger partial charge is 0.338 e. The van der Waals surface area contributed by atoms with E-state index in [0.29, 0.717) is 16.9 Å². The third-order valence-electron chi connectivity index (χ3n) is 4.19. The fourth-order valence-electron chi connectivity index (χ4n) is 2.82. The number of hydrogen-bond donors (Lipinski definition) is 1. The van der Waals surface area contributed by atoms with Crippen molar-refractivity contribution in [2.24, 2.45) is 0 Å². The lowest BCUT2D eigenvalue weighted by molar-refractivity contribution is -0.114. The van der Waals surface area contributed by atoms with Gasteiger partial charge in [0.1, 0.15) is 6.54 Å². The lowest BCUT2D eigenvalue weighted by Crippen LogP contribution is -2.38. The van der Waals surface area contributed by atoms with Gasteiger partial charge in [-0.25, -0.2) is 13.2 Å². The van der Waals surface area contributed by atoms with Gasteiger partial charge in [0, 0.05) is 5.69 Å². The van der Waals surface area contributed by atoms with Crippen molar-refractivity contribution in [3.63, 3.8) is 0 Å². The topological polar surface area (TPSA) is 92.8 Å². The molecule has 156 valence electrons. The number of anilines is 2. The van der Waals surface area contributed by atoms with Crippen LogP contribution in [0.15, 0.2) is 48.5 Å². The summed E-state index contributed by atoms with van der Waals surface area (Å²) in [5, 5.41) is 2.66. The van der Waals surface area contributed by atoms with Gasteiger partial charge in [-0.1, -0.05) is 32.0 Å². The Hall–Kier alpha value is -2.87. The lowest BCUT2D eigenvalue weighted by atomic mass is 10.0. The quantitative estimate of drug-likeness (QED) is 0.664. The number of hydrogen-bond acceptors (Lipinski definition) is 5. The predicted molar refractivity (Wildman–Crippen MR) is 114 cm³/mol. The number of rotatable bonds is 8. The van der Waals surface area contributed by atoms with Crippen molar-refractivity contribution >= 4 is 33.3 Å². The number of amides is 1. The van der Waals surface area contributed by atoms with Gasteiger partial charge in [-0.2, -0.15) is 0 Å². The highest BCUT2D eigenvalue weighted by Gasteiger charge is 2.24. The largest absolute Gasteiger partial charge is 0.462 e. The highest BCUT2D eigenvalue weighted by molar-refractivity contribution is 7.92. The van der Waals surface area contributed by atoms with E-state index in [-0.39, 0.29) is 19.1 Å². The Kier molecular flexibility index (Phi) is 7.39.